The number of hydrogen-bond donors (Lipinski definition) is 2. The largest absolute Gasteiger partial charge is 0.395 e. The van der Waals surface area contributed by atoms with Crippen LogP contribution in [-0.4, -0.2) is 73.4 Å². The first-order valence-electron chi connectivity index (χ1n) is 6.17. The zero-order valence-corrected chi connectivity index (χ0v) is 13.2. The second kappa shape index (κ2) is 11.5. The van der Waals surface area contributed by atoms with Crippen molar-refractivity contribution < 1.29 is 5.11 Å². The molecule has 2 N–H and O–H groups in total. The van der Waals surface area contributed by atoms with Crippen LogP contribution in [0.25, 0.3) is 0 Å². The Labute approximate surface area is 129 Å². The summed E-state index contributed by atoms with van der Waals surface area (Å²) in [5, 5.41) is 12.4. The third-order valence-corrected chi connectivity index (χ3v) is 3.52. The number of nitrogens with zero attached hydrogens (tertiary/aromatic N) is 2. The van der Waals surface area contributed by atoms with Crippen molar-refractivity contribution in [2.24, 2.45) is 0 Å². The van der Waals surface area contributed by atoms with Crippen LogP contribution in [0.2, 0.25) is 0 Å². The number of β-amino-alcohol motifs (C(OH)–C–C–N with tert-alkyl or cyclic N) is 1. The highest BCUT2D eigenvalue weighted by atomic mass is 35.5. The topological polar surface area (TPSA) is 38.7 Å². The van der Waals surface area contributed by atoms with Crippen LogP contribution >= 0.6 is 37.2 Å². The predicted molar refractivity (Wildman–Crippen MR) is 82.7 cm³/mol. The second-order valence-electron chi connectivity index (χ2n) is 4.66. The van der Waals surface area contributed by atoms with Crippen molar-refractivity contribution in [3.05, 3.63) is 0 Å². The van der Waals surface area contributed by atoms with Crippen molar-refractivity contribution in [3.8, 4) is 0 Å². The van der Waals surface area contributed by atoms with Crippen molar-refractivity contribution in [1.29, 1.82) is 0 Å². The highest BCUT2D eigenvalue weighted by Gasteiger charge is 2.21. The van der Waals surface area contributed by atoms with Gasteiger partial charge in [-0.2, -0.15) is 0 Å². The monoisotopic (exact) mass is 321 g/mol. The van der Waals surface area contributed by atoms with Gasteiger partial charge in [-0.15, -0.1) is 37.2 Å². The number of halogens is 3. The summed E-state index contributed by atoms with van der Waals surface area (Å²) in [5.41, 5.74) is 0. The standard InChI is InChI=1S/C11H23N3O.3ClH/c15-9-8-13-4-6-14(7-5-13)10-11-2-1-3-12-11;;;/h11-12,15H,1-10H2;3*1H. The predicted octanol–water partition coefficient (Wildman–Crippen LogP) is 0.614. The molecule has 0 radical (unpaired) electrons. The molecule has 0 spiro atoms. The molecule has 2 fully saturated rings. The Kier molecular flexibility index (Phi) is 13.5. The Morgan fingerprint density at radius 1 is 1.00 bits per heavy atom. The van der Waals surface area contributed by atoms with Gasteiger partial charge in [0, 0.05) is 45.3 Å². The molecule has 1 atom stereocenters. The molecule has 112 valence electrons. The lowest BCUT2D eigenvalue weighted by Crippen LogP contribution is -2.50. The van der Waals surface area contributed by atoms with E-state index in [4.69, 9.17) is 5.11 Å². The molecule has 2 rings (SSSR count). The molecule has 0 saturated carbocycles. The highest BCUT2D eigenvalue weighted by molar-refractivity contribution is 5.86. The Morgan fingerprint density at radius 3 is 2.11 bits per heavy atom. The molecule has 0 bridgehead atoms. The van der Waals surface area contributed by atoms with Crippen molar-refractivity contribution in [3.63, 3.8) is 0 Å². The average Bonchev–Trinajstić information content (AvgIpc) is 2.74. The van der Waals surface area contributed by atoms with Crippen molar-refractivity contribution in [2.75, 3.05) is 52.4 Å². The minimum absolute atomic E-state index is 0. The van der Waals surface area contributed by atoms with Gasteiger partial charge in [0.2, 0.25) is 0 Å². The van der Waals surface area contributed by atoms with Gasteiger partial charge in [0.05, 0.1) is 6.61 Å². The van der Waals surface area contributed by atoms with E-state index in [1.807, 2.05) is 0 Å². The number of piperazine rings is 1. The molecule has 2 saturated heterocycles. The van der Waals surface area contributed by atoms with Gasteiger partial charge in [-0.05, 0) is 19.4 Å². The van der Waals surface area contributed by atoms with E-state index in [1.54, 1.807) is 0 Å². The molecule has 0 amide bonds. The van der Waals surface area contributed by atoms with Crippen LogP contribution in [0, 0.1) is 0 Å². The van der Waals surface area contributed by atoms with Crippen LogP contribution in [0.3, 0.4) is 0 Å². The maximum Gasteiger partial charge on any atom is 0.0558 e. The van der Waals surface area contributed by atoms with E-state index >= 15 is 0 Å². The summed E-state index contributed by atoms with van der Waals surface area (Å²) in [6.45, 7) is 8.12. The molecule has 0 aromatic rings. The van der Waals surface area contributed by atoms with Crippen molar-refractivity contribution in [2.45, 2.75) is 18.9 Å². The van der Waals surface area contributed by atoms with E-state index in [0.29, 0.717) is 6.61 Å². The molecule has 0 aliphatic carbocycles. The molecule has 4 nitrogen and oxygen atoms in total. The first-order valence-corrected chi connectivity index (χ1v) is 6.17. The van der Waals surface area contributed by atoms with Crippen LogP contribution in [0.15, 0.2) is 0 Å². The fraction of sp³-hybridized carbons (Fsp3) is 1.00. The Bertz CT molecular complexity index is 186. The summed E-state index contributed by atoms with van der Waals surface area (Å²) >= 11 is 0. The summed E-state index contributed by atoms with van der Waals surface area (Å²) in [5.74, 6) is 0. The molecule has 0 aromatic heterocycles. The summed E-state index contributed by atoms with van der Waals surface area (Å²) in [7, 11) is 0. The lowest BCUT2D eigenvalue weighted by Gasteiger charge is -2.35. The zero-order chi connectivity index (χ0) is 10.5. The molecule has 18 heavy (non-hydrogen) atoms. The average molecular weight is 323 g/mol. The molecule has 2 aliphatic heterocycles. The van der Waals surface area contributed by atoms with Crippen molar-refractivity contribution in [1.82, 2.24) is 15.1 Å². The lowest BCUT2D eigenvalue weighted by molar-refractivity contribution is 0.107. The molecule has 2 heterocycles. The van der Waals surface area contributed by atoms with Gasteiger partial charge in [0.25, 0.3) is 0 Å². The van der Waals surface area contributed by atoms with Crippen molar-refractivity contribution >= 4 is 37.2 Å². The number of nitrogens with one attached hydrogen (secondary N) is 1. The third-order valence-electron chi connectivity index (χ3n) is 3.52. The van der Waals surface area contributed by atoms with E-state index in [-0.39, 0.29) is 37.2 Å². The van der Waals surface area contributed by atoms with Gasteiger partial charge in [-0.25, -0.2) is 0 Å². The number of hydrogen-bond acceptors (Lipinski definition) is 4. The normalized spacial score (nSPS) is 24.8. The SMILES string of the molecule is Cl.Cl.Cl.OCCN1CCN(CC2CCCN2)CC1. The number of aliphatic hydroxyl groups is 1. The Hall–Kier alpha value is 0.710. The zero-order valence-electron chi connectivity index (χ0n) is 10.7. The first kappa shape index (κ1) is 21.0. The highest BCUT2D eigenvalue weighted by Crippen LogP contribution is 2.09. The van der Waals surface area contributed by atoms with Crippen LogP contribution < -0.4 is 5.32 Å². The summed E-state index contributed by atoms with van der Waals surface area (Å²) in [6, 6.07) is 0.731. The van der Waals surface area contributed by atoms with Crippen LogP contribution in [0.5, 0.6) is 0 Å². The molecule has 1 unspecified atom stereocenters. The van der Waals surface area contributed by atoms with E-state index in [1.165, 1.54) is 25.9 Å². The first-order chi connectivity index (χ1) is 7.38. The fourth-order valence-corrected chi connectivity index (χ4v) is 2.56. The Morgan fingerprint density at radius 2 is 1.61 bits per heavy atom. The minimum Gasteiger partial charge on any atom is -0.395 e. The summed E-state index contributed by atoms with van der Waals surface area (Å²) in [6.07, 6.45) is 2.69. The van der Waals surface area contributed by atoms with Gasteiger partial charge in [0.1, 0.15) is 0 Å². The van der Waals surface area contributed by atoms with E-state index < -0.39 is 0 Å². The van der Waals surface area contributed by atoms with E-state index in [2.05, 4.69) is 15.1 Å². The van der Waals surface area contributed by atoms with Crippen LogP contribution in [0.4, 0.5) is 0 Å². The van der Waals surface area contributed by atoms with Crippen LogP contribution in [0.1, 0.15) is 12.8 Å². The fourth-order valence-electron chi connectivity index (χ4n) is 2.56. The second-order valence-corrected chi connectivity index (χ2v) is 4.66. The van der Waals surface area contributed by atoms with Gasteiger partial charge in [-0.3, -0.25) is 9.80 Å². The van der Waals surface area contributed by atoms with E-state index in [0.717, 1.165) is 38.8 Å². The summed E-state index contributed by atoms with van der Waals surface area (Å²) in [4.78, 5) is 4.90. The molecular weight excluding hydrogens is 297 g/mol. The smallest absolute Gasteiger partial charge is 0.0558 e. The molecule has 2 aliphatic rings. The van der Waals surface area contributed by atoms with Gasteiger partial charge < -0.3 is 10.4 Å². The molecular formula is C11H26Cl3N3O. The maximum absolute atomic E-state index is 8.85. The third kappa shape index (κ3) is 6.75. The number of rotatable bonds is 4. The summed E-state index contributed by atoms with van der Waals surface area (Å²) < 4.78 is 0. The maximum atomic E-state index is 8.85. The molecule has 7 heteroatoms. The van der Waals surface area contributed by atoms with E-state index in [9.17, 15) is 0 Å². The van der Waals surface area contributed by atoms with Gasteiger partial charge in [0.15, 0.2) is 0 Å². The van der Waals surface area contributed by atoms with Gasteiger partial charge in [-0.1, -0.05) is 0 Å². The quantitative estimate of drug-likeness (QED) is 0.796. The van der Waals surface area contributed by atoms with Gasteiger partial charge >= 0.3 is 0 Å². The lowest BCUT2D eigenvalue weighted by atomic mass is 10.2. The minimum atomic E-state index is 0. The number of aliphatic hydroxyl groups excluding tert-OH is 1. The van der Waals surface area contributed by atoms with Crippen LogP contribution in [-0.2, 0) is 0 Å². The molecule has 0 aromatic carbocycles. The Balaban J connectivity index is 0.